The fourth-order valence-corrected chi connectivity index (χ4v) is 14.2. The molecule has 0 heterocycles. The Hall–Kier alpha value is -10.4. The maximum Gasteiger partial charge on any atom is 0.416 e. The predicted molar refractivity (Wildman–Crippen MR) is 356 cm³/mol. The summed E-state index contributed by atoms with van der Waals surface area (Å²) in [5.41, 5.74) is 17.6. The summed E-state index contributed by atoms with van der Waals surface area (Å²) < 4.78 is 85.3. The lowest BCUT2D eigenvalue weighted by Gasteiger charge is -2.36. The van der Waals surface area contributed by atoms with Gasteiger partial charge in [0.05, 0.1) is 28.0 Å². The molecule has 0 N–H and O–H groups in total. The van der Waals surface area contributed by atoms with E-state index in [1.54, 1.807) is 36.4 Å². The number of fused-ring (bicyclic) bond motifs is 6. The van der Waals surface area contributed by atoms with E-state index in [2.05, 4.69) is 175 Å². The number of halogens is 6. The molecule has 11 aromatic rings. The topological polar surface area (TPSA) is 6.48 Å². The molecule has 440 valence electrons. The standard InChI is InChI=1S/C82H60F6N2/c1-3-55-23-27-57(28-24-55)53-79(61-35-39-63(40-36-61)81(83,84)85)75-21-13-11-19-71(75)73-49-47-69(51-77(73)79)89(65-15-7-5-8-16-65)67-43-31-59(32-44-67)60-33-45-68(46-34-60)90(66-17-9-6-10-18-66)70-48-50-74-72-20-12-14-22-76(72)80(78(74)52-70,54-58-29-25-56(4-2)26-30-58)62-37-41-64(42-38-62)82(86,87)88/h3-45,47-52,68H,1-2,46,53-54H2. The molecule has 3 aliphatic carbocycles. The van der Waals surface area contributed by atoms with Gasteiger partial charge in [-0.3, -0.25) is 0 Å². The summed E-state index contributed by atoms with van der Waals surface area (Å²) in [6, 6.07) is 86.7. The van der Waals surface area contributed by atoms with Crippen molar-refractivity contribution in [3.8, 4) is 22.3 Å². The van der Waals surface area contributed by atoms with Crippen molar-refractivity contribution < 1.29 is 26.3 Å². The van der Waals surface area contributed by atoms with Gasteiger partial charge in [0.25, 0.3) is 0 Å². The van der Waals surface area contributed by atoms with E-state index in [1.807, 2.05) is 84.9 Å². The lowest BCUT2D eigenvalue weighted by Crippen LogP contribution is -2.32. The van der Waals surface area contributed by atoms with Crippen LogP contribution < -0.4 is 9.80 Å². The van der Waals surface area contributed by atoms with Crippen LogP contribution in [0.4, 0.5) is 54.8 Å². The van der Waals surface area contributed by atoms with E-state index in [1.165, 1.54) is 24.3 Å². The molecule has 0 saturated carbocycles. The second kappa shape index (κ2) is 22.9. The molecular weight excluding hydrogens is 1130 g/mol. The molecule has 2 nitrogen and oxygen atoms in total. The van der Waals surface area contributed by atoms with E-state index in [0.717, 1.165) is 117 Å². The molecule has 0 amide bonds. The fourth-order valence-electron chi connectivity index (χ4n) is 14.2. The number of alkyl halides is 6. The van der Waals surface area contributed by atoms with Crippen molar-refractivity contribution in [2.24, 2.45) is 0 Å². The van der Waals surface area contributed by atoms with Gasteiger partial charge >= 0.3 is 12.4 Å². The molecule has 0 bridgehead atoms. The number of hydrogen-bond donors (Lipinski definition) is 0. The van der Waals surface area contributed by atoms with Crippen LogP contribution in [0, 0.1) is 0 Å². The first-order chi connectivity index (χ1) is 43.7. The van der Waals surface area contributed by atoms with Gasteiger partial charge in [-0.1, -0.05) is 226 Å². The van der Waals surface area contributed by atoms with E-state index in [4.69, 9.17) is 0 Å². The smallest absolute Gasteiger partial charge is 0.334 e. The number of rotatable bonds is 15. The third-order valence-corrected chi connectivity index (χ3v) is 18.5. The van der Waals surface area contributed by atoms with Gasteiger partial charge in [0.15, 0.2) is 0 Å². The highest BCUT2D eigenvalue weighted by atomic mass is 19.4. The average molecular weight is 1190 g/mol. The van der Waals surface area contributed by atoms with E-state index < -0.39 is 34.3 Å². The Bertz CT molecular complexity index is 4550. The lowest BCUT2D eigenvalue weighted by atomic mass is 9.68. The summed E-state index contributed by atoms with van der Waals surface area (Å²) in [5.74, 6) is 0. The first kappa shape index (κ1) is 57.3. The molecular formula is C82H60F6N2. The molecule has 0 radical (unpaired) electrons. The van der Waals surface area contributed by atoms with Crippen LogP contribution in [0.15, 0.2) is 298 Å². The van der Waals surface area contributed by atoms with Crippen LogP contribution >= 0.6 is 0 Å². The minimum absolute atomic E-state index is 0.107. The number of allylic oxidation sites excluding steroid dienone is 2. The summed E-state index contributed by atoms with van der Waals surface area (Å²) >= 11 is 0. The van der Waals surface area contributed by atoms with Crippen LogP contribution in [-0.2, 0) is 36.0 Å². The Morgan fingerprint density at radius 3 is 1.27 bits per heavy atom. The van der Waals surface area contributed by atoms with Crippen LogP contribution in [0.1, 0.15) is 78.7 Å². The molecule has 0 fully saturated rings. The van der Waals surface area contributed by atoms with Crippen molar-refractivity contribution in [2.75, 3.05) is 9.80 Å². The molecule has 14 rings (SSSR count). The summed E-state index contributed by atoms with van der Waals surface area (Å²) in [5, 5.41) is 0. The molecule has 3 atom stereocenters. The maximum atomic E-state index is 14.2. The molecule has 3 unspecified atom stereocenters. The highest BCUT2D eigenvalue weighted by molar-refractivity contribution is 5.90. The van der Waals surface area contributed by atoms with E-state index >= 15 is 0 Å². The molecule has 3 aliphatic rings. The van der Waals surface area contributed by atoms with E-state index in [-0.39, 0.29) is 6.04 Å². The largest absolute Gasteiger partial charge is 0.416 e. The molecule has 0 saturated heterocycles. The van der Waals surface area contributed by atoms with Crippen LogP contribution in [0.25, 0.3) is 40.0 Å². The zero-order valence-corrected chi connectivity index (χ0v) is 49.1. The Balaban J connectivity index is 0.817. The Kier molecular flexibility index (Phi) is 14.6. The first-order valence-corrected chi connectivity index (χ1v) is 30.2. The minimum atomic E-state index is -4.49. The normalized spacial score (nSPS) is 17.1. The van der Waals surface area contributed by atoms with E-state index in [0.29, 0.717) is 19.3 Å². The SMILES string of the molecule is C=Cc1ccc(CC2(c3ccc(C(F)(F)F)cc3)c3ccccc3-c3ccc(N(c4ccccc4)c4ccc(C5=CCC(N(c6ccccc6)c6ccc7c(c6)C(Cc6ccc(C=C)cc6)(c6ccc(C(F)(F)F)cc6)c6ccccc6-7)C=C5)cc4)cc32)cc1. The van der Waals surface area contributed by atoms with Gasteiger partial charge in [0.1, 0.15) is 0 Å². The minimum Gasteiger partial charge on any atom is -0.334 e. The lowest BCUT2D eigenvalue weighted by molar-refractivity contribution is -0.138. The van der Waals surface area contributed by atoms with Crippen molar-refractivity contribution >= 4 is 46.2 Å². The Morgan fingerprint density at radius 2 is 0.811 bits per heavy atom. The average Bonchev–Trinajstić information content (AvgIpc) is 1.66. The maximum absolute atomic E-state index is 14.2. The summed E-state index contributed by atoms with van der Waals surface area (Å²) in [7, 11) is 0. The van der Waals surface area contributed by atoms with Crippen LogP contribution in [0.5, 0.6) is 0 Å². The summed E-state index contributed by atoms with van der Waals surface area (Å²) in [4.78, 5) is 4.60. The van der Waals surface area contributed by atoms with Crippen molar-refractivity contribution in [2.45, 2.75) is 48.5 Å². The van der Waals surface area contributed by atoms with Gasteiger partial charge in [-0.2, -0.15) is 26.3 Å². The van der Waals surface area contributed by atoms with Gasteiger partial charge in [-0.15, -0.1) is 0 Å². The van der Waals surface area contributed by atoms with Crippen LogP contribution in [-0.4, -0.2) is 6.04 Å². The Labute approximate surface area is 521 Å². The molecule has 0 spiro atoms. The molecule has 90 heavy (non-hydrogen) atoms. The van der Waals surface area contributed by atoms with Crippen molar-refractivity contribution in [1.29, 1.82) is 0 Å². The van der Waals surface area contributed by atoms with Crippen molar-refractivity contribution in [3.63, 3.8) is 0 Å². The van der Waals surface area contributed by atoms with Gasteiger partial charge in [-0.25, -0.2) is 0 Å². The summed E-state index contributed by atoms with van der Waals surface area (Å²) in [6.07, 6.45) is 3.05. The highest BCUT2D eigenvalue weighted by Crippen LogP contribution is 2.58. The monoisotopic (exact) mass is 1190 g/mol. The molecule has 11 aromatic carbocycles. The number of benzene rings is 11. The zero-order valence-electron chi connectivity index (χ0n) is 49.1. The third-order valence-electron chi connectivity index (χ3n) is 18.5. The summed E-state index contributed by atoms with van der Waals surface area (Å²) in [6.45, 7) is 7.92. The molecule has 0 aromatic heterocycles. The van der Waals surface area contributed by atoms with Gasteiger partial charge in [0.2, 0.25) is 0 Å². The fraction of sp³-hybridized carbons (Fsp3) is 0.0976. The number of hydrogen-bond acceptors (Lipinski definition) is 2. The van der Waals surface area contributed by atoms with Crippen LogP contribution in [0.2, 0.25) is 0 Å². The number of anilines is 5. The van der Waals surface area contributed by atoms with Gasteiger partial charge in [0, 0.05) is 28.4 Å². The van der Waals surface area contributed by atoms with Gasteiger partial charge < -0.3 is 9.80 Å². The van der Waals surface area contributed by atoms with Crippen molar-refractivity contribution in [1.82, 2.24) is 0 Å². The molecule has 8 heteroatoms. The first-order valence-electron chi connectivity index (χ1n) is 30.2. The van der Waals surface area contributed by atoms with Gasteiger partial charge in [-0.05, 0) is 193 Å². The Morgan fingerprint density at radius 1 is 0.400 bits per heavy atom. The molecule has 0 aliphatic heterocycles. The predicted octanol–water partition coefficient (Wildman–Crippen LogP) is 22.1. The van der Waals surface area contributed by atoms with Crippen LogP contribution in [0.3, 0.4) is 0 Å². The third kappa shape index (κ3) is 10.2. The zero-order chi connectivity index (χ0) is 61.8. The second-order valence-electron chi connectivity index (χ2n) is 23.5. The van der Waals surface area contributed by atoms with Crippen molar-refractivity contribution in [3.05, 3.63) is 371 Å². The second-order valence-corrected chi connectivity index (χ2v) is 23.5. The number of nitrogens with zero attached hydrogens (tertiary/aromatic N) is 2. The quantitative estimate of drug-likeness (QED) is 0.0944. The highest BCUT2D eigenvalue weighted by Gasteiger charge is 2.47. The van der Waals surface area contributed by atoms with E-state index in [9.17, 15) is 26.3 Å². The number of para-hydroxylation sites is 2.